The molecule has 1 heterocycles. The van der Waals surface area contributed by atoms with E-state index in [0.29, 0.717) is 11.4 Å². The maximum Gasteiger partial charge on any atom is 0.262 e. The highest BCUT2D eigenvalue weighted by Crippen LogP contribution is 2.22. The summed E-state index contributed by atoms with van der Waals surface area (Å²) in [6.07, 6.45) is 5.04. The summed E-state index contributed by atoms with van der Waals surface area (Å²) in [5.41, 5.74) is 8.44. The molecule has 1 saturated heterocycles. The smallest absolute Gasteiger partial charge is 0.262 e. The Morgan fingerprint density at radius 1 is 1.04 bits per heavy atom. The van der Waals surface area contributed by atoms with Gasteiger partial charge in [-0.25, -0.2) is 0 Å². The van der Waals surface area contributed by atoms with Crippen LogP contribution in [-0.2, 0) is 4.79 Å². The van der Waals surface area contributed by atoms with Crippen molar-refractivity contribution in [1.29, 1.82) is 0 Å². The molecule has 1 aliphatic rings. The first kappa shape index (κ1) is 19.7. The number of carbonyl (C=O) groups excluding carboxylic acids is 2. The van der Waals surface area contributed by atoms with Crippen molar-refractivity contribution in [2.24, 2.45) is 5.73 Å². The van der Waals surface area contributed by atoms with E-state index in [1.165, 1.54) is 31.4 Å². The number of primary amides is 1. The summed E-state index contributed by atoms with van der Waals surface area (Å²) in [5.74, 6) is -0.557. The number of ether oxygens (including phenoxy) is 1. The molecule has 2 aromatic carbocycles. The number of rotatable bonds is 6. The van der Waals surface area contributed by atoms with Crippen molar-refractivity contribution in [1.82, 2.24) is 0 Å². The molecule has 28 heavy (non-hydrogen) atoms. The monoisotopic (exact) mass is 381 g/mol. The lowest BCUT2D eigenvalue weighted by molar-refractivity contribution is -0.118. The van der Waals surface area contributed by atoms with Crippen molar-refractivity contribution in [2.75, 3.05) is 29.9 Å². The molecular weight excluding hydrogens is 354 g/mol. The van der Waals surface area contributed by atoms with Crippen LogP contribution in [-0.4, -0.2) is 31.5 Å². The van der Waals surface area contributed by atoms with Gasteiger partial charge in [-0.05, 0) is 61.7 Å². The molecule has 0 spiro atoms. The molecule has 6 heteroatoms. The Morgan fingerprint density at radius 3 is 2.36 bits per heavy atom. The van der Waals surface area contributed by atoms with Crippen LogP contribution >= 0.6 is 0 Å². The average Bonchev–Trinajstić information content (AvgIpc) is 2.96. The van der Waals surface area contributed by atoms with Crippen molar-refractivity contribution in [3.05, 3.63) is 53.6 Å². The highest BCUT2D eigenvalue weighted by molar-refractivity contribution is 5.96. The molecule has 148 valence electrons. The molecule has 1 aliphatic heterocycles. The summed E-state index contributed by atoms with van der Waals surface area (Å²) in [4.78, 5) is 26.1. The molecule has 3 N–H and O–H groups in total. The van der Waals surface area contributed by atoms with Crippen molar-refractivity contribution in [3.63, 3.8) is 0 Å². The van der Waals surface area contributed by atoms with Gasteiger partial charge in [0.1, 0.15) is 5.75 Å². The van der Waals surface area contributed by atoms with Crippen molar-refractivity contribution < 1.29 is 14.3 Å². The first-order valence-corrected chi connectivity index (χ1v) is 9.71. The van der Waals surface area contributed by atoms with Crippen molar-refractivity contribution in [3.8, 4) is 5.75 Å². The van der Waals surface area contributed by atoms with Gasteiger partial charge >= 0.3 is 0 Å². The molecular formula is C22H27N3O3. The van der Waals surface area contributed by atoms with Crippen LogP contribution in [0.15, 0.2) is 42.5 Å². The number of amides is 2. The topological polar surface area (TPSA) is 84.7 Å². The van der Waals surface area contributed by atoms with Gasteiger partial charge in [0.15, 0.2) is 6.61 Å². The average molecular weight is 381 g/mol. The lowest BCUT2D eigenvalue weighted by Crippen LogP contribution is -2.24. The lowest BCUT2D eigenvalue weighted by atomic mass is 10.1. The maximum atomic E-state index is 12.2. The van der Waals surface area contributed by atoms with E-state index in [1.807, 2.05) is 31.2 Å². The fraction of sp³-hybridized carbons (Fsp3) is 0.364. The zero-order valence-electron chi connectivity index (χ0n) is 16.2. The third-order valence-electron chi connectivity index (χ3n) is 4.88. The molecule has 2 aromatic rings. The van der Waals surface area contributed by atoms with E-state index in [9.17, 15) is 9.59 Å². The normalized spacial score (nSPS) is 14.2. The Labute approximate surface area is 165 Å². The molecule has 2 amide bonds. The van der Waals surface area contributed by atoms with Crippen LogP contribution in [0, 0.1) is 6.92 Å². The zero-order chi connectivity index (χ0) is 19.9. The Bertz CT molecular complexity index is 825. The number of nitrogens with two attached hydrogens (primary N) is 1. The summed E-state index contributed by atoms with van der Waals surface area (Å²) < 4.78 is 5.52. The van der Waals surface area contributed by atoms with Gasteiger partial charge in [0.05, 0.1) is 5.56 Å². The predicted octanol–water partition coefficient (Wildman–Crippen LogP) is 3.49. The summed E-state index contributed by atoms with van der Waals surface area (Å²) in [5, 5.41) is 2.82. The number of hydrogen-bond donors (Lipinski definition) is 2. The number of hydrogen-bond acceptors (Lipinski definition) is 4. The molecule has 1 fully saturated rings. The van der Waals surface area contributed by atoms with Crippen LogP contribution in [0.5, 0.6) is 5.75 Å². The zero-order valence-corrected chi connectivity index (χ0v) is 16.2. The van der Waals surface area contributed by atoms with Crippen LogP contribution in [0.25, 0.3) is 0 Å². The third kappa shape index (κ3) is 5.25. The van der Waals surface area contributed by atoms with Gasteiger partial charge in [-0.15, -0.1) is 0 Å². The van der Waals surface area contributed by atoms with E-state index in [0.717, 1.165) is 18.7 Å². The number of nitrogens with one attached hydrogen (secondary N) is 1. The summed E-state index contributed by atoms with van der Waals surface area (Å²) in [6, 6.07) is 13.0. The molecule has 6 nitrogen and oxygen atoms in total. The number of benzene rings is 2. The van der Waals surface area contributed by atoms with Gasteiger partial charge in [-0.3, -0.25) is 9.59 Å². The van der Waals surface area contributed by atoms with Crippen molar-refractivity contribution >= 4 is 23.2 Å². The summed E-state index contributed by atoms with van der Waals surface area (Å²) in [7, 11) is 0. The van der Waals surface area contributed by atoms with E-state index < -0.39 is 5.91 Å². The van der Waals surface area contributed by atoms with Gasteiger partial charge in [0.2, 0.25) is 0 Å². The molecule has 0 bridgehead atoms. The van der Waals surface area contributed by atoms with Gasteiger partial charge in [0, 0.05) is 24.5 Å². The van der Waals surface area contributed by atoms with Crippen molar-refractivity contribution in [2.45, 2.75) is 32.6 Å². The second kappa shape index (κ2) is 9.26. The minimum atomic E-state index is -0.584. The Hall–Kier alpha value is -3.02. The molecule has 3 rings (SSSR count). The fourth-order valence-electron chi connectivity index (χ4n) is 3.38. The van der Waals surface area contributed by atoms with Crippen LogP contribution in [0.3, 0.4) is 0 Å². The molecule has 0 aliphatic carbocycles. The van der Waals surface area contributed by atoms with Gasteiger partial charge in [-0.1, -0.05) is 18.9 Å². The van der Waals surface area contributed by atoms with Gasteiger partial charge < -0.3 is 20.7 Å². The largest absolute Gasteiger partial charge is 0.483 e. The molecule has 0 aromatic heterocycles. The Balaban J connectivity index is 1.56. The van der Waals surface area contributed by atoms with E-state index >= 15 is 0 Å². The number of aryl methyl sites for hydroxylation is 1. The highest BCUT2D eigenvalue weighted by atomic mass is 16.5. The quantitative estimate of drug-likeness (QED) is 0.802. The minimum absolute atomic E-state index is 0.197. The standard InChI is InChI=1S/C22H27N3O3/c1-16-6-11-19(22(23)27)20(14-16)28-15-21(26)24-17-7-9-18(10-8-17)25-12-4-2-3-5-13-25/h6-11,14H,2-5,12-13,15H2,1H3,(H2,23,27)(H,24,26). The van der Waals surface area contributed by atoms with E-state index in [-0.39, 0.29) is 18.1 Å². The Kier molecular flexibility index (Phi) is 6.53. The van der Waals surface area contributed by atoms with Gasteiger partial charge in [-0.2, -0.15) is 0 Å². The van der Waals surface area contributed by atoms with Crippen LogP contribution in [0.1, 0.15) is 41.6 Å². The van der Waals surface area contributed by atoms with E-state index in [2.05, 4.69) is 10.2 Å². The first-order valence-electron chi connectivity index (χ1n) is 9.71. The van der Waals surface area contributed by atoms with Crippen LogP contribution < -0.4 is 20.7 Å². The molecule has 0 radical (unpaired) electrons. The first-order chi connectivity index (χ1) is 13.5. The van der Waals surface area contributed by atoms with Gasteiger partial charge in [0.25, 0.3) is 11.8 Å². The third-order valence-corrected chi connectivity index (χ3v) is 4.88. The van der Waals surface area contributed by atoms with E-state index in [1.54, 1.807) is 18.2 Å². The minimum Gasteiger partial charge on any atom is -0.483 e. The number of carbonyl (C=O) groups is 2. The lowest BCUT2D eigenvalue weighted by Gasteiger charge is -2.22. The number of anilines is 2. The fourth-order valence-corrected chi connectivity index (χ4v) is 3.38. The second-order valence-electron chi connectivity index (χ2n) is 7.15. The number of nitrogens with zero attached hydrogens (tertiary/aromatic N) is 1. The molecule has 0 unspecified atom stereocenters. The van der Waals surface area contributed by atoms with Crippen LogP contribution in [0.2, 0.25) is 0 Å². The highest BCUT2D eigenvalue weighted by Gasteiger charge is 2.13. The van der Waals surface area contributed by atoms with E-state index in [4.69, 9.17) is 10.5 Å². The summed E-state index contributed by atoms with van der Waals surface area (Å²) >= 11 is 0. The molecule has 0 saturated carbocycles. The molecule has 0 atom stereocenters. The SMILES string of the molecule is Cc1ccc(C(N)=O)c(OCC(=O)Nc2ccc(N3CCCCCC3)cc2)c1. The summed E-state index contributed by atoms with van der Waals surface area (Å²) in [6.45, 7) is 3.84. The Morgan fingerprint density at radius 2 is 1.71 bits per heavy atom. The predicted molar refractivity (Wildman–Crippen MR) is 111 cm³/mol. The maximum absolute atomic E-state index is 12.2. The second-order valence-corrected chi connectivity index (χ2v) is 7.15. The van der Waals surface area contributed by atoms with Crippen LogP contribution in [0.4, 0.5) is 11.4 Å².